The first-order chi connectivity index (χ1) is 9.28. The second-order valence-electron chi connectivity index (χ2n) is 5.64. The fourth-order valence-electron chi connectivity index (χ4n) is 2.85. The third-order valence-corrected chi connectivity index (χ3v) is 3.87. The van der Waals surface area contributed by atoms with E-state index >= 15 is 0 Å². The van der Waals surface area contributed by atoms with Gasteiger partial charge in [0.25, 0.3) is 0 Å². The Balaban J connectivity index is 1.79. The predicted molar refractivity (Wildman–Crippen MR) is 77.0 cm³/mol. The Labute approximate surface area is 115 Å². The first-order valence-corrected chi connectivity index (χ1v) is 7.62. The molecule has 4 heteroatoms. The smallest absolute Gasteiger partial charge is 0.225 e. The standard InChI is InChI=1S/C15H25N3O/c1-2-7-13-11-14(18-17-13)16-15(19)10-12-8-5-3-4-6-9-12/h11-12H,2-10H2,1H3,(H2,16,17,18,19). The average Bonchev–Trinajstić information content (AvgIpc) is 2.65. The number of aryl methyl sites for hydroxylation is 1. The van der Waals surface area contributed by atoms with E-state index in [2.05, 4.69) is 22.4 Å². The lowest BCUT2D eigenvalue weighted by molar-refractivity contribution is -0.117. The molecule has 1 amide bonds. The Morgan fingerprint density at radius 3 is 2.79 bits per heavy atom. The van der Waals surface area contributed by atoms with Crippen LogP contribution in [0, 0.1) is 5.92 Å². The van der Waals surface area contributed by atoms with Crippen molar-refractivity contribution in [2.75, 3.05) is 5.32 Å². The quantitative estimate of drug-likeness (QED) is 0.796. The molecule has 1 aliphatic rings. The van der Waals surface area contributed by atoms with Gasteiger partial charge in [-0.1, -0.05) is 39.0 Å². The average molecular weight is 263 g/mol. The van der Waals surface area contributed by atoms with Gasteiger partial charge in [-0.15, -0.1) is 0 Å². The van der Waals surface area contributed by atoms with Gasteiger partial charge in [0, 0.05) is 18.2 Å². The summed E-state index contributed by atoms with van der Waals surface area (Å²) >= 11 is 0. The minimum atomic E-state index is 0.112. The van der Waals surface area contributed by atoms with Crippen LogP contribution in [0.5, 0.6) is 0 Å². The molecule has 1 heterocycles. The molecule has 0 aliphatic heterocycles. The van der Waals surface area contributed by atoms with Gasteiger partial charge < -0.3 is 5.32 Å². The number of nitrogens with zero attached hydrogens (tertiary/aromatic N) is 1. The van der Waals surface area contributed by atoms with Gasteiger partial charge in [-0.25, -0.2) is 0 Å². The minimum absolute atomic E-state index is 0.112. The van der Waals surface area contributed by atoms with Gasteiger partial charge in [-0.05, 0) is 25.2 Å². The second kappa shape index (κ2) is 7.31. The molecule has 0 saturated heterocycles. The second-order valence-corrected chi connectivity index (χ2v) is 5.64. The molecule has 0 bridgehead atoms. The molecule has 1 saturated carbocycles. The van der Waals surface area contributed by atoms with E-state index in [1.54, 1.807) is 0 Å². The van der Waals surface area contributed by atoms with Gasteiger partial charge in [-0.3, -0.25) is 9.89 Å². The summed E-state index contributed by atoms with van der Waals surface area (Å²) in [6.45, 7) is 2.13. The van der Waals surface area contributed by atoms with E-state index in [9.17, 15) is 4.79 Å². The van der Waals surface area contributed by atoms with Crippen LogP contribution in [-0.2, 0) is 11.2 Å². The van der Waals surface area contributed by atoms with Crippen molar-refractivity contribution in [3.8, 4) is 0 Å². The van der Waals surface area contributed by atoms with Crippen molar-refractivity contribution in [3.05, 3.63) is 11.8 Å². The zero-order chi connectivity index (χ0) is 13.5. The highest BCUT2D eigenvalue weighted by atomic mass is 16.1. The van der Waals surface area contributed by atoms with Crippen molar-refractivity contribution in [1.29, 1.82) is 0 Å². The third-order valence-electron chi connectivity index (χ3n) is 3.87. The molecule has 0 unspecified atom stereocenters. The first-order valence-electron chi connectivity index (χ1n) is 7.62. The number of amides is 1. The fraction of sp³-hybridized carbons (Fsp3) is 0.733. The Morgan fingerprint density at radius 1 is 1.37 bits per heavy atom. The molecule has 0 spiro atoms. The monoisotopic (exact) mass is 263 g/mol. The normalized spacial score (nSPS) is 17.1. The van der Waals surface area contributed by atoms with E-state index < -0.39 is 0 Å². The van der Waals surface area contributed by atoms with Crippen LogP contribution in [0.2, 0.25) is 0 Å². The summed E-state index contributed by atoms with van der Waals surface area (Å²) in [5.41, 5.74) is 1.09. The molecular weight excluding hydrogens is 238 g/mol. The summed E-state index contributed by atoms with van der Waals surface area (Å²) in [6, 6.07) is 1.94. The molecule has 2 N–H and O–H groups in total. The molecular formula is C15H25N3O. The summed E-state index contributed by atoms with van der Waals surface area (Å²) in [6.07, 6.45) is 10.3. The summed E-state index contributed by atoms with van der Waals surface area (Å²) in [4.78, 5) is 12.0. The highest BCUT2D eigenvalue weighted by Crippen LogP contribution is 2.25. The molecule has 0 radical (unpaired) electrons. The van der Waals surface area contributed by atoms with Crippen molar-refractivity contribution >= 4 is 11.7 Å². The summed E-state index contributed by atoms with van der Waals surface area (Å²) < 4.78 is 0. The maximum absolute atomic E-state index is 12.0. The molecule has 0 aromatic carbocycles. The number of anilines is 1. The minimum Gasteiger partial charge on any atom is -0.309 e. The molecule has 2 rings (SSSR count). The van der Waals surface area contributed by atoms with E-state index in [1.165, 1.54) is 38.5 Å². The maximum atomic E-state index is 12.0. The van der Waals surface area contributed by atoms with Crippen LogP contribution < -0.4 is 5.32 Å². The third kappa shape index (κ3) is 4.69. The molecule has 1 aromatic rings. The van der Waals surface area contributed by atoms with Crippen LogP contribution in [0.3, 0.4) is 0 Å². The van der Waals surface area contributed by atoms with Crippen LogP contribution in [-0.4, -0.2) is 16.1 Å². The molecule has 0 atom stereocenters. The largest absolute Gasteiger partial charge is 0.309 e. The Morgan fingerprint density at radius 2 is 2.11 bits per heavy atom. The Bertz CT molecular complexity index is 392. The van der Waals surface area contributed by atoms with Crippen molar-refractivity contribution in [2.24, 2.45) is 5.92 Å². The van der Waals surface area contributed by atoms with Gasteiger partial charge in [0.05, 0.1) is 0 Å². The number of carbonyl (C=O) groups excluding carboxylic acids is 1. The number of aromatic nitrogens is 2. The zero-order valence-corrected chi connectivity index (χ0v) is 11.9. The number of H-pyrrole nitrogens is 1. The van der Waals surface area contributed by atoms with E-state index in [-0.39, 0.29) is 5.91 Å². The van der Waals surface area contributed by atoms with Gasteiger partial charge >= 0.3 is 0 Å². The number of carbonyl (C=O) groups is 1. The lowest BCUT2D eigenvalue weighted by Gasteiger charge is -2.12. The zero-order valence-electron chi connectivity index (χ0n) is 11.9. The van der Waals surface area contributed by atoms with Gasteiger partial charge in [0.1, 0.15) is 0 Å². The van der Waals surface area contributed by atoms with Crippen LogP contribution in [0.15, 0.2) is 6.07 Å². The van der Waals surface area contributed by atoms with E-state index in [4.69, 9.17) is 0 Å². The number of rotatable bonds is 5. The van der Waals surface area contributed by atoms with Gasteiger partial charge in [0.2, 0.25) is 5.91 Å². The summed E-state index contributed by atoms with van der Waals surface area (Å²) in [5, 5.41) is 10.00. The Hall–Kier alpha value is -1.32. The van der Waals surface area contributed by atoms with Gasteiger partial charge in [-0.2, -0.15) is 5.10 Å². The van der Waals surface area contributed by atoms with E-state index in [0.717, 1.165) is 18.5 Å². The molecule has 4 nitrogen and oxygen atoms in total. The van der Waals surface area contributed by atoms with Crippen molar-refractivity contribution in [1.82, 2.24) is 10.2 Å². The fourth-order valence-corrected chi connectivity index (χ4v) is 2.85. The van der Waals surface area contributed by atoms with Crippen LogP contribution in [0.25, 0.3) is 0 Å². The van der Waals surface area contributed by atoms with Crippen LogP contribution >= 0.6 is 0 Å². The maximum Gasteiger partial charge on any atom is 0.225 e. The highest BCUT2D eigenvalue weighted by molar-refractivity contribution is 5.89. The molecule has 1 aliphatic carbocycles. The highest BCUT2D eigenvalue weighted by Gasteiger charge is 2.16. The molecule has 19 heavy (non-hydrogen) atoms. The number of nitrogens with one attached hydrogen (secondary N) is 2. The lowest BCUT2D eigenvalue weighted by atomic mass is 9.96. The van der Waals surface area contributed by atoms with E-state index in [1.807, 2.05) is 6.07 Å². The van der Waals surface area contributed by atoms with Gasteiger partial charge in [0.15, 0.2) is 5.82 Å². The van der Waals surface area contributed by atoms with Crippen LogP contribution in [0.4, 0.5) is 5.82 Å². The topological polar surface area (TPSA) is 57.8 Å². The predicted octanol–water partition coefficient (Wildman–Crippen LogP) is 3.66. The van der Waals surface area contributed by atoms with Crippen molar-refractivity contribution in [2.45, 2.75) is 64.7 Å². The van der Waals surface area contributed by atoms with Crippen LogP contribution in [0.1, 0.15) is 64.0 Å². The molecule has 1 fully saturated rings. The van der Waals surface area contributed by atoms with E-state index in [0.29, 0.717) is 18.2 Å². The molecule has 1 aromatic heterocycles. The summed E-state index contributed by atoms with van der Waals surface area (Å²) in [7, 11) is 0. The SMILES string of the molecule is CCCc1cc(NC(=O)CC2CCCCCC2)n[nH]1. The summed E-state index contributed by atoms with van der Waals surface area (Å²) in [5.74, 6) is 1.35. The molecule has 106 valence electrons. The number of hydrogen-bond donors (Lipinski definition) is 2. The van der Waals surface area contributed by atoms with Crippen molar-refractivity contribution in [3.63, 3.8) is 0 Å². The Kier molecular flexibility index (Phi) is 5.43. The lowest BCUT2D eigenvalue weighted by Crippen LogP contribution is -2.16. The van der Waals surface area contributed by atoms with Crippen molar-refractivity contribution < 1.29 is 4.79 Å². The first kappa shape index (κ1) is 14.1. The number of hydrogen-bond acceptors (Lipinski definition) is 2. The number of aromatic amines is 1.